The molecule has 2 unspecified atom stereocenters. The number of benzene rings is 1. The molecule has 0 heterocycles. The van der Waals surface area contributed by atoms with Crippen LogP contribution in [-0.4, -0.2) is 12.1 Å². The van der Waals surface area contributed by atoms with Crippen molar-refractivity contribution in [3.8, 4) is 0 Å². The van der Waals surface area contributed by atoms with Crippen LogP contribution in [0, 0.1) is 11.7 Å². The number of hydrogen-bond acceptors (Lipinski definition) is 1. The van der Waals surface area contributed by atoms with E-state index in [4.69, 9.17) is 11.6 Å². The molecule has 1 aromatic rings. The Balaban J connectivity index is 2.17. The minimum atomic E-state index is -0.256. The van der Waals surface area contributed by atoms with Crippen LogP contribution in [0.1, 0.15) is 51.5 Å². The first-order valence-electron chi connectivity index (χ1n) is 7.18. The zero-order valence-electron chi connectivity index (χ0n) is 12.3. The molecule has 0 bridgehead atoms. The van der Waals surface area contributed by atoms with Gasteiger partial charge in [0.15, 0.2) is 0 Å². The van der Waals surface area contributed by atoms with E-state index in [0.717, 1.165) is 31.4 Å². The molecule has 1 N–H and O–H groups in total. The van der Waals surface area contributed by atoms with E-state index in [0.29, 0.717) is 10.4 Å². The summed E-state index contributed by atoms with van der Waals surface area (Å²) < 4.78 is 15.0. The van der Waals surface area contributed by atoms with Gasteiger partial charge in [-0.3, -0.25) is 0 Å². The molecule has 0 amide bonds. The maximum absolute atomic E-state index is 14.4. The predicted octanol–water partition coefficient (Wildman–Crippen LogP) is 5.51. The highest BCUT2D eigenvalue weighted by Crippen LogP contribution is 2.42. The first-order chi connectivity index (χ1) is 9.29. The molecule has 1 fully saturated rings. The molecule has 0 aliphatic heterocycles. The zero-order chi connectivity index (χ0) is 14.9. The molecule has 20 heavy (non-hydrogen) atoms. The molecule has 1 saturated carbocycles. The zero-order valence-corrected chi connectivity index (χ0v) is 14.6. The Bertz CT molecular complexity index is 484. The van der Waals surface area contributed by atoms with Crippen LogP contribution in [0.4, 0.5) is 4.39 Å². The fourth-order valence-corrected chi connectivity index (χ4v) is 3.43. The minimum Gasteiger partial charge on any atom is -0.312 e. The monoisotopic (exact) mass is 361 g/mol. The normalized spacial score (nSPS) is 23.3. The van der Waals surface area contributed by atoms with E-state index in [1.165, 1.54) is 0 Å². The molecule has 0 spiro atoms. The van der Waals surface area contributed by atoms with Gasteiger partial charge in [0, 0.05) is 10.0 Å². The van der Waals surface area contributed by atoms with Crippen LogP contribution >= 0.6 is 27.5 Å². The molecule has 2 rings (SSSR count). The van der Waals surface area contributed by atoms with Gasteiger partial charge in [0.1, 0.15) is 5.82 Å². The maximum Gasteiger partial charge on any atom is 0.146 e. The molecular formula is C16H22BrClFN. The van der Waals surface area contributed by atoms with Gasteiger partial charge in [0.25, 0.3) is 0 Å². The van der Waals surface area contributed by atoms with Crippen molar-refractivity contribution < 1.29 is 4.39 Å². The van der Waals surface area contributed by atoms with Gasteiger partial charge in [-0.25, -0.2) is 4.39 Å². The molecule has 0 aromatic heterocycles. The van der Waals surface area contributed by atoms with Crippen LogP contribution in [0.5, 0.6) is 0 Å². The Kier molecular flexibility index (Phi) is 5.14. The van der Waals surface area contributed by atoms with E-state index in [2.05, 4.69) is 42.0 Å². The first kappa shape index (κ1) is 16.3. The highest BCUT2D eigenvalue weighted by Gasteiger charge is 2.31. The molecule has 2 atom stereocenters. The van der Waals surface area contributed by atoms with Crippen molar-refractivity contribution in [2.45, 2.75) is 51.5 Å². The molecule has 1 nitrogen and oxygen atoms in total. The van der Waals surface area contributed by atoms with Crippen molar-refractivity contribution in [2.24, 2.45) is 5.92 Å². The van der Waals surface area contributed by atoms with E-state index in [9.17, 15) is 4.39 Å². The average Bonchev–Trinajstić information content (AvgIpc) is 2.81. The lowest BCUT2D eigenvalue weighted by molar-refractivity contribution is 0.353. The fraction of sp³-hybridized carbons (Fsp3) is 0.625. The third-order valence-corrected chi connectivity index (χ3v) is 5.28. The summed E-state index contributed by atoms with van der Waals surface area (Å²) in [5.74, 6) is 0.505. The Hall–Kier alpha value is -0.120. The highest BCUT2D eigenvalue weighted by molar-refractivity contribution is 9.10. The van der Waals surface area contributed by atoms with Gasteiger partial charge in [-0.05, 0) is 79.6 Å². The van der Waals surface area contributed by atoms with E-state index >= 15 is 0 Å². The van der Waals surface area contributed by atoms with Gasteiger partial charge in [-0.2, -0.15) is 0 Å². The maximum atomic E-state index is 14.4. The minimum absolute atomic E-state index is 0.100. The lowest BCUT2D eigenvalue weighted by Gasteiger charge is -2.27. The van der Waals surface area contributed by atoms with Gasteiger partial charge >= 0.3 is 0 Å². The second-order valence-electron chi connectivity index (χ2n) is 6.69. The summed E-state index contributed by atoms with van der Waals surface area (Å²) >= 11 is 9.30. The van der Waals surface area contributed by atoms with Crippen LogP contribution < -0.4 is 5.32 Å². The number of nitrogens with one attached hydrogen (secondary N) is 1. The Labute approximate surface area is 134 Å². The van der Waals surface area contributed by atoms with Crippen molar-refractivity contribution in [3.63, 3.8) is 0 Å². The quantitative estimate of drug-likeness (QED) is 0.699. The number of halogens is 3. The second-order valence-corrected chi connectivity index (χ2v) is 7.93. The largest absolute Gasteiger partial charge is 0.312 e. The van der Waals surface area contributed by atoms with Gasteiger partial charge in [0.05, 0.1) is 5.02 Å². The lowest BCUT2D eigenvalue weighted by Crippen LogP contribution is -2.39. The van der Waals surface area contributed by atoms with Crippen molar-refractivity contribution >= 4 is 27.5 Å². The van der Waals surface area contributed by atoms with Gasteiger partial charge in [-0.15, -0.1) is 0 Å². The van der Waals surface area contributed by atoms with Gasteiger partial charge < -0.3 is 5.32 Å². The van der Waals surface area contributed by atoms with E-state index in [1.54, 1.807) is 0 Å². The molecular weight excluding hydrogens is 341 g/mol. The average molecular weight is 363 g/mol. The Morgan fingerprint density at radius 3 is 2.70 bits per heavy atom. The Morgan fingerprint density at radius 2 is 2.05 bits per heavy atom. The molecule has 0 radical (unpaired) electrons. The fourth-order valence-electron chi connectivity index (χ4n) is 2.96. The van der Waals surface area contributed by atoms with Crippen molar-refractivity contribution in [1.29, 1.82) is 0 Å². The second kappa shape index (κ2) is 6.33. The van der Waals surface area contributed by atoms with E-state index in [-0.39, 0.29) is 22.3 Å². The summed E-state index contributed by atoms with van der Waals surface area (Å²) in [4.78, 5) is 0. The summed E-state index contributed by atoms with van der Waals surface area (Å²) in [6.07, 6.45) is 3.36. The van der Waals surface area contributed by atoms with E-state index in [1.807, 2.05) is 12.1 Å². The van der Waals surface area contributed by atoms with Gasteiger partial charge in [-0.1, -0.05) is 24.1 Å². The predicted molar refractivity (Wildman–Crippen MR) is 86.9 cm³/mol. The molecule has 0 saturated heterocycles. The summed E-state index contributed by atoms with van der Waals surface area (Å²) in [5.41, 5.74) is 0.875. The summed E-state index contributed by atoms with van der Waals surface area (Å²) in [5, 5.41) is 3.75. The van der Waals surface area contributed by atoms with Crippen LogP contribution in [-0.2, 0) is 0 Å². The number of hydrogen-bond donors (Lipinski definition) is 1. The summed E-state index contributed by atoms with van der Waals surface area (Å²) in [7, 11) is 0. The molecule has 1 aromatic carbocycles. The number of rotatable bonds is 3. The van der Waals surface area contributed by atoms with E-state index < -0.39 is 0 Å². The molecule has 112 valence electrons. The topological polar surface area (TPSA) is 12.0 Å². The third kappa shape index (κ3) is 3.75. The van der Waals surface area contributed by atoms with Crippen LogP contribution in [0.3, 0.4) is 0 Å². The van der Waals surface area contributed by atoms with Crippen molar-refractivity contribution in [1.82, 2.24) is 5.32 Å². The highest BCUT2D eigenvalue weighted by atomic mass is 79.9. The van der Waals surface area contributed by atoms with Crippen molar-refractivity contribution in [2.75, 3.05) is 6.54 Å². The first-order valence-corrected chi connectivity index (χ1v) is 8.35. The lowest BCUT2D eigenvalue weighted by atomic mass is 9.88. The van der Waals surface area contributed by atoms with Crippen LogP contribution in [0.25, 0.3) is 0 Å². The smallest absolute Gasteiger partial charge is 0.146 e. The summed E-state index contributed by atoms with van der Waals surface area (Å²) in [6, 6.07) is 3.73. The Morgan fingerprint density at radius 1 is 1.35 bits per heavy atom. The standard InChI is InChI=1S/C16H22BrClFN/c1-16(2,3)20-9-10-5-4-6-11(10)12-7-8-13(17)14(18)15(12)19/h7-8,10-11,20H,4-6,9H2,1-3H3. The van der Waals surface area contributed by atoms with Gasteiger partial charge in [0.2, 0.25) is 0 Å². The summed E-state index contributed by atoms with van der Waals surface area (Å²) in [6.45, 7) is 7.41. The van der Waals surface area contributed by atoms with Crippen LogP contribution in [0.15, 0.2) is 16.6 Å². The van der Waals surface area contributed by atoms with Crippen LogP contribution in [0.2, 0.25) is 5.02 Å². The molecule has 1 aliphatic carbocycles. The third-order valence-electron chi connectivity index (χ3n) is 4.02. The van der Waals surface area contributed by atoms with Crippen molar-refractivity contribution in [3.05, 3.63) is 33.0 Å². The molecule has 1 aliphatic rings. The SMILES string of the molecule is CC(C)(C)NCC1CCCC1c1ccc(Br)c(Cl)c1F. The molecule has 4 heteroatoms.